The number of fused-ring (bicyclic) bond motifs is 1. The lowest BCUT2D eigenvalue weighted by Crippen LogP contribution is -2.05. The summed E-state index contributed by atoms with van der Waals surface area (Å²) >= 11 is 3.45. The highest BCUT2D eigenvalue weighted by atomic mass is 79.9. The molecule has 3 aromatic carbocycles. The monoisotopic (exact) mass is 377 g/mol. The summed E-state index contributed by atoms with van der Waals surface area (Å²) < 4.78 is 6.15. The summed E-state index contributed by atoms with van der Waals surface area (Å²) in [4.78, 5) is 16.5. The highest BCUT2D eigenvalue weighted by molar-refractivity contribution is 9.10. The fraction of sp³-hybridized carbons (Fsp3) is 0. The van der Waals surface area contributed by atoms with E-state index in [2.05, 4.69) is 27.0 Å². The molecule has 4 heteroatoms. The minimum atomic E-state index is -0.436. The van der Waals surface area contributed by atoms with Crippen LogP contribution < -0.4 is 0 Å². The van der Waals surface area contributed by atoms with E-state index in [4.69, 9.17) is 4.74 Å². The quantitative estimate of drug-likeness (QED) is 0.468. The number of cyclic esters (lactones) is 1. The Hall–Kier alpha value is -2.72. The van der Waals surface area contributed by atoms with Crippen LogP contribution in [0.4, 0.5) is 0 Å². The first-order chi connectivity index (χ1) is 11.7. The molecule has 0 N–H and O–H groups in total. The Morgan fingerprint density at radius 3 is 2.50 bits per heavy atom. The summed E-state index contributed by atoms with van der Waals surface area (Å²) in [5.41, 5.74) is 1.97. The number of ether oxygens (including phenoxy) is 1. The van der Waals surface area contributed by atoms with Gasteiger partial charge in [0.25, 0.3) is 0 Å². The number of hydrogen-bond donors (Lipinski definition) is 0. The van der Waals surface area contributed by atoms with Gasteiger partial charge in [-0.3, -0.25) is 0 Å². The van der Waals surface area contributed by atoms with Crippen molar-refractivity contribution < 1.29 is 9.53 Å². The molecule has 1 heterocycles. The molecule has 0 saturated carbocycles. The third kappa shape index (κ3) is 2.76. The Kier molecular flexibility index (Phi) is 3.75. The molecule has 4 rings (SSSR count). The van der Waals surface area contributed by atoms with E-state index in [9.17, 15) is 4.79 Å². The minimum Gasteiger partial charge on any atom is -0.402 e. The predicted molar refractivity (Wildman–Crippen MR) is 98.7 cm³/mol. The molecule has 0 fully saturated rings. The largest absolute Gasteiger partial charge is 0.402 e. The van der Waals surface area contributed by atoms with Crippen LogP contribution in [0.15, 0.2) is 81.9 Å². The Morgan fingerprint density at radius 1 is 0.917 bits per heavy atom. The van der Waals surface area contributed by atoms with Crippen LogP contribution >= 0.6 is 15.9 Å². The Bertz CT molecular complexity index is 1020. The van der Waals surface area contributed by atoms with Gasteiger partial charge in [0, 0.05) is 4.47 Å². The van der Waals surface area contributed by atoms with Gasteiger partial charge < -0.3 is 4.74 Å². The van der Waals surface area contributed by atoms with E-state index in [1.165, 1.54) is 0 Å². The molecular formula is C20H12BrNO2. The number of esters is 1. The van der Waals surface area contributed by atoms with Crippen LogP contribution in [0, 0.1) is 0 Å². The maximum atomic E-state index is 12.1. The fourth-order valence-electron chi connectivity index (χ4n) is 2.61. The second-order valence-corrected chi connectivity index (χ2v) is 6.28. The molecule has 0 atom stereocenters. The molecule has 3 nitrogen and oxygen atoms in total. The van der Waals surface area contributed by atoms with Crippen LogP contribution in [0.3, 0.4) is 0 Å². The molecular weight excluding hydrogens is 366 g/mol. The summed E-state index contributed by atoms with van der Waals surface area (Å²) in [5.74, 6) is -0.117. The molecule has 24 heavy (non-hydrogen) atoms. The molecule has 0 saturated heterocycles. The van der Waals surface area contributed by atoms with Crippen molar-refractivity contribution in [2.75, 3.05) is 0 Å². The molecule has 0 aromatic heterocycles. The standard InChI is InChI=1S/C20H12BrNO2/c21-17-8-4-3-7-16(17)19-22-18(20(23)24-19)12-13-9-10-14-5-1-2-6-15(14)11-13/h1-12H/b18-12-. The Morgan fingerprint density at radius 2 is 1.67 bits per heavy atom. The molecule has 116 valence electrons. The van der Waals surface area contributed by atoms with Crippen LogP contribution in [0.25, 0.3) is 16.8 Å². The van der Waals surface area contributed by atoms with Gasteiger partial charge >= 0.3 is 5.97 Å². The molecule has 0 spiro atoms. The van der Waals surface area contributed by atoms with E-state index in [0.717, 1.165) is 26.4 Å². The molecule has 0 aliphatic carbocycles. The zero-order valence-corrected chi connectivity index (χ0v) is 14.2. The van der Waals surface area contributed by atoms with Gasteiger partial charge in [0.1, 0.15) is 0 Å². The van der Waals surface area contributed by atoms with Crippen molar-refractivity contribution in [2.24, 2.45) is 4.99 Å². The zero-order chi connectivity index (χ0) is 16.5. The van der Waals surface area contributed by atoms with Gasteiger partial charge in [-0.2, -0.15) is 0 Å². The first-order valence-electron chi connectivity index (χ1n) is 7.47. The van der Waals surface area contributed by atoms with Crippen molar-refractivity contribution in [2.45, 2.75) is 0 Å². The first-order valence-corrected chi connectivity index (χ1v) is 8.26. The lowest BCUT2D eigenvalue weighted by molar-refractivity contribution is -0.129. The first kappa shape index (κ1) is 14.8. The normalized spacial score (nSPS) is 15.6. The average Bonchev–Trinajstić information content (AvgIpc) is 2.96. The number of hydrogen-bond acceptors (Lipinski definition) is 3. The summed E-state index contributed by atoms with van der Waals surface area (Å²) in [7, 11) is 0. The van der Waals surface area contributed by atoms with Crippen molar-refractivity contribution in [3.8, 4) is 0 Å². The summed E-state index contributed by atoms with van der Waals surface area (Å²) in [6, 6.07) is 21.6. The number of halogens is 1. The van der Waals surface area contributed by atoms with Gasteiger partial charge in [0.2, 0.25) is 5.90 Å². The number of carbonyl (C=O) groups is 1. The highest BCUT2D eigenvalue weighted by Crippen LogP contribution is 2.24. The molecule has 0 unspecified atom stereocenters. The molecule has 0 bridgehead atoms. The third-order valence-corrected chi connectivity index (χ3v) is 4.49. The van der Waals surface area contributed by atoms with Crippen LogP contribution in [-0.2, 0) is 9.53 Å². The maximum absolute atomic E-state index is 12.1. The van der Waals surface area contributed by atoms with Crippen molar-refractivity contribution >= 4 is 44.6 Å². The fourth-order valence-corrected chi connectivity index (χ4v) is 3.07. The van der Waals surface area contributed by atoms with Crippen molar-refractivity contribution in [3.05, 3.63) is 88.0 Å². The predicted octanol–water partition coefficient (Wildman–Crippen LogP) is 4.95. The number of rotatable bonds is 2. The van der Waals surface area contributed by atoms with Crippen LogP contribution in [0.5, 0.6) is 0 Å². The molecule has 3 aromatic rings. The van der Waals surface area contributed by atoms with E-state index in [1.807, 2.05) is 60.7 Å². The van der Waals surface area contributed by atoms with Crippen molar-refractivity contribution in [3.63, 3.8) is 0 Å². The van der Waals surface area contributed by atoms with Crippen molar-refractivity contribution in [1.29, 1.82) is 0 Å². The molecule has 1 aliphatic rings. The average molecular weight is 378 g/mol. The second kappa shape index (κ2) is 6.06. The van der Waals surface area contributed by atoms with Gasteiger partial charge in [-0.1, -0.05) is 48.5 Å². The Balaban J connectivity index is 1.73. The van der Waals surface area contributed by atoms with Gasteiger partial charge in [-0.15, -0.1) is 0 Å². The van der Waals surface area contributed by atoms with Crippen LogP contribution in [0.1, 0.15) is 11.1 Å². The van der Waals surface area contributed by atoms with Crippen LogP contribution in [0.2, 0.25) is 0 Å². The SMILES string of the molecule is O=C1OC(c2ccccc2Br)=N/C1=C\c1ccc2ccccc2c1. The second-order valence-electron chi connectivity index (χ2n) is 5.42. The summed E-state index contributed by atoms with van der Waals surface area (Å²) in [5, 5.41) is 2.28. The van der Waals surface area contributed by atoms with E-state index in [-0.39, 0.29) is 0 Å². The van der Waals surface area contributed by atoms with Gasteiger partial charge in [0.05, 0.1) is 5.56 Å². The third-order valence-electron chi connectivity index (χ3n) is 3.80. The zero-order valence-electron chi connectivity index (χ0n) is 12.6. The number of benzene rings is 3. The molecule has 1 aliphatic heterocycles. The Labute approximate surface area is 147 Å². The topological polar surface area (TPSA) is 38.7 Å². The van der Waals surface area contributed by atoms with Crippen molar-refractivity contribution in [1.82, 2.24) is 0 Å². The van der Waals surface area contributed by atoms with Gasteiger partial charge in [-0.05, 0) is 56.5 Å². The number of aliphatic imine (C=N–C) groups is 1. The van der Waals surface area contributed by atoms with E-state index < -0.39 is 5.97 Å². The summed E-state index contributed by atoms with van der Waals surface area (Å²) in [6.45, 7) is 0. The van der Waals surface area contributed by atoms with Gasteiger partial charge in [-0.25, -0.2) is 9.79 Å². The lowest BCUT2D eigenvalue weighted by atomic mass is 10.1. The van der Waals surface area contributed by atoms with E-state index in [0.29, 0.717) is 11.6 Å². The molecule has 0 radical (unpaired) electrons. The lowest BCUT2D eigenvalue weighted by Gasteiger charge is -2.01. The highest BCUT2D eigenvalue weighted by Gasteiger charge is 2.25. The van der Waals surface area contributed by atoms with E-state index in [1.54, 1.807) is 6.08 Å². The maximum Gasteiger partial charge on any atom is 0.363 e. The smallest absolute Gasteiger partial charge is 0.363 e. The number of nitrogens with zero attached hydrogens (tertiary/aromatic N) is 1. The van der Waals surface area contributed by atoms with Crippen LogP contribution in [-0.4, -0.2) is 11.9 Å². The minimum absolute atomic E-state index is 0.302. The van der Waals surface area contributed by atoms with Gasteiger partial charge in [0.15, 0.2) is 5.70 Å². The number of carbonyl (C=O) groups excluding carboxylic acids is 1. The van der Waals surface area contributed by atoms with E-state index >= 15 is 0 Å². The molecule has 0 amide bonds. The summed E-state index contributed by atoms with van der Waals surface area (Å²) in [6.07, 6.45) is 1.75.